The molecule has 5 nitrogen and oxygen atoms in total. The molecule has 0 spiro atoms. The van der Waals surface area contributed by atoms with Crippen LogP contribution in [0.3, 0.4) is 0 Å². The molecule has 146 valence electrons. The van der Waals surface area contributed by atoms with E-state index in [4.69, 9.17) is 4.74 Å². The van der Waals surface area contributed by atoms with E-state index >= 15 is 0 Å². The van der Waals surface area contributed by atoms with E-state index in [1.807, 2.05) is 63.2 Å². The first-order valence-electron chi connectivity index (χ1n) is 9.64. The molecule has 0 fully saturated rings. The zero-order valence-electron chi connectivity index (χ0n) is 16.8. The molecule has 0 saturated carbocycles. The Morgan fingerprint density at radius 1 is 0.964 bits per heavy atom. The second-order valence-corrected chi connectivity index (χ2v) is 6.92. The van der Waals surface area contributed by atoms with Gasteiger partial charge in [-0.15, -0.1) is 0 Å². The Hall–Kier alpha value is -3.08. The van der Waals surface area contributed by atoms with E-state index in [2.05, 4.69) is 5.32 Å². The maximum Gasteiger partial charge on any atom is 0.278 e. The SMILES string of the molecule is CCCOc1ccc(C2=C(Nc3ccc(C)cc3C)C(=O)N(CC)C2=O)cc1. The average molecular weight is 378 g/mol. The molecule has 1 aliphatic heterocycles. The van der Waals surface area contributed by atoms with E-state index in [0.717, 1.165) is 29.0 Å². The second kappa shape index (κ2) is 8.30. The van der Waals surface area contributed by atoms with Crippen molar-refractivity contribution < 1.29 is 14.3 Å². The van der Waals surface area contributed by atoms with Gasteiger partial charge in [-0.2, -0.15) is 0 Å². The molecular formula is C23H26N2O3. The highest BCUT2D eigenvalue weighted by Gasteiger charge is 2.38. The highest BCUT2D eigenvalue weighted by Crippen LogP contribution is 2.32. The molecule has 0 atom stereocenters. The Balaban J connectivity index is 2.01. The minimum atomic E-state index is -0.297. The zero-order chi connectivity index (χ0) is 20.3. The van der Waals surface area contributed by atoms with E-state index in [-0.39, 0.29) is 11.8 Å². The number of nitrogens with one attached hydrogen (secondary N) is 1. The molecule has 2 aromatic carbocycles. The van der Waals surface area contributed by atoms with Gasteiger partial charge < -0.3 is 10.1 Å². The van der Waals surface area contributed by atoms with Crippen molar-refractivity contribution in [2.45, 2.75) is 34.1 Å². The van der Waals surface area contributed by atoms with Crippen molar-refractivity contribution in [3.05, 3.63) is 64.9 Å². The highest BCUT2D eigenvalue weighted by molar-refractivity contribution is 6.36. The Morgan fingerprint density at radius 3 is 2.29 bits per heavy atom. The molecule has 1 heterocycles. The molecule has 0 bridgehead atoms. The van der Waals surface area contributed by atoms with E-state index < -0.39 is 0 Å². The minimum Gasteiger partial charge on any atom is -0.494 e. The van der Waals surface area contributed by atoms with Crippen molar-refractivity contribution in [2.24, 2.45) is 0 Å². The van der Waals surface area contributed by atoms with Crippen molar-refractivity contribution in [1.29, 1.82) is 0 Å². The van der Waals surface area contributed by atoms with Crippen LogP contribution in [-0.2, 0) is 9.59 Å². The number of hydrogen-bond donors (Lipinski definition) is 1. The van der Waals surface area contributed by atoms with Gasteiger partial charge in [0.25, 0.3) is 11.8 Å². The first-order chi connectivity index (χ1) is 13.5. The van der Waals surface area contributed by atoms with Crippen LogP contribution in [0.1, 0.15) is 37.0 Å². The number of carbonyl (C=O) groups is 2. The number of anilines is 1. The lowest BCUT2D eigenvalue weighted by molar-refractivity contribution is -0.136. The highest BCUT2D eigenvalue weighted by atomic mass is 16.5. The molecule has 28 heavy (non-hydrogen) atoms. The molecule has 1 N–H and O–H groups in total. The number of ether oxygens (including phenoxy) is 1. The van der Waals surface area contributed by atoms with E-state index in [1.165, 1.54) is 4.90 Å². The topological polar surface area (TPSA) is 58.6 Å². The average Bonchev–Trinajstić information content (AvgIpc) is 2.92. The molecule has 0 radical (unpaired) electrons. The van der Waals surface area contributed by atoms with Gasteiger partial charge in [0.1, 0.15) is 11.4 Å². The summed E-state index contributed by atoms with van der Waals surface area (Å²) in [6, 6.07) is 13.3. The summed E-state index contributed by atoms with van der Waals surface area (Å²) in [5.74, 6) is 0.176. The Labute approximate surface area is 166 Å². The van der Waals surface area contributed by atoms with E-state index in [1.54, 1.807) is 6.92 Å². The summed E-state index contributed by atoms with van der Waals surface area (Å²) in [5, 5.41) is 3.21. The number of imide groups is 1. The zero-order valence-corrected chi connectivity index (χ0v) is 16.8. The number of likely N-dealkylation sites (N-methyl/N-ethyl adjacent to an activating group) is 1. The van der Waals surface area contributed by atoms with Crippen LogP contribution < -0.4 is 10.1 Å². The minimum absolute atomic E-state index is 0.276. The van der Waals surface area contributed by atoms with Gasteiger partial charge in [0.15, 0.2) is 0 Å². The van der Waals surface area contributed by atoms with Crippen LogP contribution >= 0.6 is 0 Å². The van der Waals surface area contributed by atoms with Gasteiger partial charge in [-0.1, -0.05) is 36.8 Å². The van der Waals surface area contributed by atoms with Crippen LogP contribution in [0.15, 0.2) is 48.2 Å². The third-order valence-corrected chi connectivity index (χ3v) is 4.74. The summed E-state index contributed by atoms with van der Waals surface area (Å²) in [5.41, 5.74) is 4.40. The molecule has 5 heteroatoms. The largest absolute Gasteiger partial charge is 0.494 e. The van der Waals surface area contributed by atoms with Gasteiger partial charge in [-0.3, -0.25) is 14.5 Å². The van der Waals surface area contributed by atoms with Crippen LogP contribution in [-0.4, -0.2) is 29.9 Å². The smallest absolute Gasteiger partial charge is 0.278 e. The van der Waals surface area contributed by atoms with Crippen molar-refractivity contribution in [3.8, 4) is 5.75 Å². The third kappa shape index (κ3) is 3.79. The number of aryl methyl sites for hydroxylation is 2. The number of rotatable bonds is 7. The predicted molar refractivity (Wildman–Crippen MR) is 111 cm³/mol. The first-order valence-corrected chi connectivity index (χ1v) is 9.64. The lowest BCUT2D eigenvalue weighted by atomic mass is 10.0. The first kappa shape index (κ1) is 19.7. The summed E-state index contributed by atoms with van der Waals surface area (Å²) in [4.78, 5) is 27.1. The maximum atomic E-state index is 12.9. The number of amides is 2. The monoisotopic (exact) mass is 378 g/mol. The molecule has 2 amide bonds. The van der Waals surface area contributed by atoms with Crippen molar-refractivity contribution in [2.75, 3.05) is 18.5 Å². The summed E-state index contributed by atoms with van der Waals surface area (Å²) >= 11 is 0. The molecule has 0 aromatic heterocycles. The van der Waals surface area contributed by atoms with E-state index in [9.17, 15) is 9.59 Å². The van der Waals surface area contributed by atoms with Gasteiger partial charge in [-0.05, 0) is 56.5 Å². The summed E-state index contributed by atoms with van der Waals surface area (Å²) in [6.45, 7) is 8.82. The number of benzene rings is 2. The Bertz CT molecular complexity index is 929. The Kier molecular flexibility index (Phi) is 5.83. The van der Waals surface area contributed by atoms with Gasteiger partial charge in [0.2, 0.25) is 0 Å². The van der Waals surface area contributed by atoms with Crippen molar-refractivity contribution in [3.63, 3.8) is 0 Å². The number of hydrogen-bond acceptors (Lipinski definition) is 4. The third-order valence-electron chi connectivity index (χ3n) is 4.74. The van der Waals surface area contributed by atoms with Crippen LogP contribution in [0.25, 0.3) is 5.57 Å². The van der Waals surface area contributed by atoms with E-state index in [0.29, 0.717) is 30.0 Å². The second-order valence-electron chi connectivity index (χ2n) is 6.92. The number of carbonyl (C=O) groups excluding carboxylic acids is 2. The molecule has 2 aromatic rings. The van der Waals surface area contributed by atoms with Gasteiger partial charge >= 0.3 is 0 Å². The van der Waals surface area contributed by atoms with Gasteiger partial charge in [0.05, 0.1) is 12.2 Å². The van der Waals surface area contributed by atoms with Crippen molar-refractivity contribution in [1.82, 2.24) is 4.90 Å². The van der Waals surface area contributed by atoms with Crippen LogP contribution in [0.2, 0.25) is 0 Å². The standard InChI is InChI=1S/C23H26N2O3/c1-5-13-28-18-10-8-17(9-11-18)20-21(23(27)25(6-2)22(20)26)24-19-12-7-15(3)14-16(19)4/h7-12,14,24H,5-6,13H2,1-4H3. The molecule has 0 aliphatic carbocycles. The number of nitrogens with zero attached hydrogens (tertiary/aromatic N) is 1. The summed E-state index contributed by atoms with van der Waals surface area (Å²) in [7, 11) is 0. The van der Waals surface area contributed by atoms with Gasteiger partial charge in [-0.25, -0.2) is 0 Å². The lowest BCUT2D eigenvalue weighted by Crippen LogP contribution is -2.32. The quantitative estimate of drug-likeness (QED) is 0.730. The van der Waals surface area contributed by atoms with Crippen LogP contribution in [0.4, 0.5) is 5.69 Å². The van der Waals surface area contributed by atoms with Crippen LogP contribution in [0, 0.1) is 13.8 Å². The Morgan fingerprint density at radius 2 is 1.68 bits per heavy atom. The normalized spacial score (nSPS) is 14.1. The molecule has 3 rings (SSSR count). The molecular weight excluding hydrogens is 352 g/mol. The predicted octanol–water partition coefficient (Wildman–Crippen LogP) is 4.30. The fraction of sp³-hybridized carbons (Fsp3) is 0.304. The molecule has 1 aliphatic rings. The fourth-order valence-corrected chi connectivity index (χ4v) is 3.27. The molecule has 0 saturated heterocycles. The van der Waals surface area contributed by atoms with Crippen LogP contribution in [0.5, 0.6) is 5.75 Å². The lowest BCUT2D eigenvalue weighted by Gasteiger charge is -2.13. The van der Waals surface area contributed by atoms with Crippen molar-refractivity contribution >= 4 is 23.1 Å². The summed E-state index contributed by atoms with van der Waals surface area (Å²) < 4.78 is 5.62. The molecule has 0 unspecified atom stereocenters. The van der Waals surface area contributed by atoms with Gasteiger partial charge in [0, 0.05) is 12.2 Å². The fourth-order valence-electron chi connectivity index (χ4n) is 3.27. The summed E-state index contributed by atoms with van der Waals surface area (Å²) in [6.07, 6.45) is 0.926. The maximum absolute atomic E-state index is 12.9.